The highest BCUT2D eigenvalue weighted by Gasteiger charge is 2.31. The number of likely N-dealkylation sites (N-methyl/N-ethyl adjacent to an activating group) is 1. The van der Waals surface area contributed by atoms with E-state index in [0.717, 1.165) is 25.7 Å². The molecule has 0 radical (unpaired) electrons. The number of nitrogens with two attached hydrogens (primary N) is 1. The molecule has 1 amide bonds. The summed E-state index contributed by atoms with van der Waals surface area (Å²) in [5.41, 5.74) is 7.21. The summed E-state index contributed by atoms with van der Waals surface area (Å²) in [4.78, 5) is 14.3. The summed E-state index contributed by atoms with van der Waals surface area (Å²) in [5.74, 6) is 0.0715. The van der Waals surface area contributed by atoms with Crippen LogP contribution in [-0.4, -0.2) is 37.0 Å². The van der Waals surface area contributed by atoms with Gasteiger partial charge in [0.15, 0.2) is 0 Å². The van der Waals surface area contributed by atoms with Crippen LogP contribution in [0.3, 0.4) is 0 Å². The maximum absolute atomic E-state index is 12.2. The maximum atomic E-state index is 12.2. The molecule has 0 heterocycles. The summed E-state index contributed by atoms with van der Waals surface area (Å²) in [6, 6.07) is 10.4. The molecule has 0 aliphatic heterocycles. The number of hydrogen-bond donors (Lipinski definition) is 2. The van der Waals surface area contributed by atoms with Crippen molar-refractivity contribution in [2.24, 2.45) is 5.73 Å². The van der Waals surface area contributed by atoms with Crippen molar-refractivity contribution in [3.63, 3.8) is 0 Å². The Balaban J connectivity index is 1.89. The fourth-order valence-corrected chi connectivity index (χ4v) is 3.12. The van der Waals surface area contributed by atoms with E-state index in [1.807, 2.05) is 32.3 Å². The van der Waals surface area contributed by atoms with Crippen LogP contribution >= 0.6 is 0 Å². The number of carbonyl (C=O) groups is 1. The number of nitrogens with zero attached hydrogens (tertiary/aromatic N) is 1. The highest BCUT2D eigenvalue weighted by molar-refractivity contribution is 5.77. The number of nitrogens with one attached hydrogen (secondary N) is 1. The zero-order valence-corrected chi connectivity index (χ0v) is 13.1. The lowest BCUT2D eigenvalue weighted by molar-refractivity contribution is -0.122. The molecular formula is C17H27N3O. The fraction of sp³-hybridized carbons (Fsp3) is 0.588. The van der Waals surface area contributed by atoms with Gasteiger partial charge in [0.05, 0.1) is 6.04 Å². The quantitative estimate of drug-likeness (QED) is 0.843. The van der Waals surface area contributed by atoms with Crippen LogP contribution in [0.4, 0.5) is 0 Å². The zero-order chi connectivity index (χ0) is 15.3. The lowest BCUT2D eigenvalue weighted by atomic mass is 9.94. The molecule has 3 N–H and O–H groups in total. The molecule has 2 rings (SSSR count). The van der Waals surface area contributed by atoms with Gasteiger partial charge in [-0.05, 0) is 32.5 Å². The summed E-state index contributed by atoms with van der Waals surface area (Å²) in [5, 5.41) is 3.05. The standard InChI is InChI=1S/C17H27N3O/c1-20(2)15(14-8-4-3-5-9-14)13-19-16(21)12-17(18)10-6-7-11-17/h3-5,8-9,15H,6-7,10-13,18H2,1-2H3,(H,19,21). The second-order valence-corrected chi connectivity index (χ2v) is 6.44. The van der Waals surface area contributed by atoms with E-state index in [9.17, 15) is 4.79 Å². The average Bonchev–Trinajstić information content (AvgIpc) is 2.86. The minimum atomic E-state index is -0.273. The van der Waals surface area contributed by atoms with Gasteiger partial charge in [-0.25, -0.2) is 0 Å². The van der Waals surface area contributed by atoms with Crippen molar-refractivity contribution >= 4 is 5.91 Å². The van der Waals surface area contributed by atoms with Crippen molar-refractivity contribution in [1.29, 1.82) is 0 Å². The van der Waals surface area contributed by atoms with Crippen molar-refractivity contribution in [1.82, 2.24) is 10.2 Å². The van der Waals surface area contributed by atoms with Crippen molar-refractivity contribution in [3.8, 4) is 0 Å². The number of rotatable bonds is 6. The third-order valence-electron chi connectivity index (χ3n) is 4.41. The first-order valence-electron chi connectivity index (χ1n) is 7.77. The molecule has 4 nitrogen and oxygen atoms in total. The van der Waals surface area contributed by atoms with Gasteiger partial charge in [-0.1, -0.05) is 43.2 Å². The van der Waals surface area contributed by atoms with Crippen LogP contribution < -0.4 is 11.1 Å². The molecule has 4 heteroatoms. The van der Waals surface area contributed by atoms with E-state index in [4.69, 9.17) is 5.73 Å². The van der Waals surface area contributed by atoms with Crippen molar-refractivity contribution < 1.29 is 4.79 Å². The third kappa shape index (κ3) is 4.55. The molecule has 1 aliphatic carbocycles. The molecule has 0 saturated heterocycles. The van der Waals surface area contributed by atoms with E-state index >= 15 is 0 Å². The predicted octanol–water partition coefficient (Wildman–Crippen LogP) is 2.07. The molecule has 1 fully saturated rings. The average molecular weight is 289 g/mol. The first-order chi connectivity index (χ1) is 10.0. The number of carbonyl (C=O) groups excluding carboxylic acids is 1. The van der Waals surface area contributed by atoms with Crippen LogP contribution in [0, 0.1) is 0 Å². The summed E-state index contributed by atoms with van der Waals surface area (Å²) < 4.78 is 0. The molecule has 116 valence electrons. The Morgan fingerprint density at radius 1 is 1.29 bits per heavy atom. The van der Waals surface area contributed by atoms with Gasteiger partial charge < -0.3 is 16.0 Å². The Kier molecular flexibility index (Phi) is 5.37. The Morgan fingerprint density at radius 2 is 1.90 bits per heavy atom. The van der Waals surface area contributed by atoms with Gasteiger partial charge in [-0.15, -0.1) is 0 Å². The Morgan fingerprint density at radius 3 is 2.48 bits per heavy atom. The molecule has 1 aromatic rings. The smallest absolute Gasteiger partial charge is 0.221 e. The number of benzene rings is 1. The van der Waals surface area contributed by atoms with Crippen LogP contribution in [0.1, 0.15) is 43.7 Å². The van der Waals surface area contributed by atoms with Crippen LogP contribution in [0.5, 0.6) is 0 Å². The van der Waals surface area contributed by atoms with Crippen LogP contribution in [0.2, 0.25) is 0 Å². The zero-order valence-electron chi connectivity index (χ0n) is 13.1. The van der Waals surface area contributed by atoms with E-state index in [1.54, 1.807) is 0 Å². The SMILES string of the molecule is CN(C)C(CNC(=O)CC1(N)CCCC1)c1ccccc1. The highest BCUT2D eigenvalue weighted by atomic mass is 16.1. The fourth-order valence-electron chi connectivity index (χ4n) is 3.12. The van der Waals surface area contributed by atoms with Crippen LogP contribution in [0.25, 0.3) is 0 Å². The van der Waals surface area contributed by atoms with Crippen LogP contribution in [0.15, 0.2) is 30.3 Å². The Bertz CT molecular complexity index is 452. The van der Waals surface area contributed by atoms with E-state index in [0.29, 0.717) is 13.0 Å². The van der Waals surface area contributed by atoms with Gasteiger partial charge in [0, 0.05) is 18.5 Å². The summed E-state index contributed by atoms with van der Waals surface area (Å²) in [6.07, 6.45) is 4.68. The molecule has 1 aromatic carbocycles. The molecular weight excluding hydrogens is 262 g/mol. The minimum absolute atomic E-state index is 0.0715. The summed E-state index contributed by atoms with van der Waals surface area (Å²) in [7, 11) is 4.07. The molecule has 0 bridgehead atoms. The molecule has 1 saturated carbocycles. The second-order valence-electron chi connectivity index (χ2n) is 6.44. The monoisotopic (exact) mass is 289 g/mol. The molecule has 1 unspecified atom stereocenters. The first kappa shape index (κ1) is 16.0. The van der Waals surface area contributed by atoms with Crippen LogP contribution in [-0.2, 0) is 4.79 Å². The second kappa shape index (κ2) is 7.05. The minimum Gasteiger partial charge on any atom is -0.354 e. The van der Waals surface area contributed by atoms with Crippen molar-refractivity contribution in [2.75, 3.05) is 20.6 Å². The van der Waals surface area contributed by atoms with E-state index in [2.05, 4.69) is 22.3 Å². The largest absolute Gasteiger partial charge is 0.354 e. The van der Waals surface area contributed by atoms with Gasteiger partial charge in [0.2, 0.25) is 5.91 Å². The summed E-state index contributed by atoms with van der Waals surface area (Å²) >= 11 is 0. The van der Waals surface area contributed by atoms with Gasteiger partial charge in [-0.2, -0.15) is 0 Å². The predicted molar refractivity (Wildman–Crippen MR) is 85.9 cm³/mol. The number of hydrogen-bond acceptors (Lipinski definition) is 3. The van der Waals surface area contributed by atoms with Crippen molar-refractivity contribution in [2.45, 2.75) is 43.7 Å². The Labute approximate surface area is 127 Å². The Hall–Kier alpha value is -1.39. The van der Waals surface area contributed by atoms with Gasteiger partial charge in [-0.3, -0.25) is 4.79 Å². The van der Waals surface area contributed by atoms with E-state index < -0.39 is 0 Å². The highest BCUT2D eigenvalue weighted by Crippen LogP contribution is 2.29. The van der Waals surface area contributed by atoms with E-state index in [-0.39, 0.29) is 17.5 Å². The molecule has 1 atom stereocenters. The molecule has 0 spiro atoms. The lowest BCUT2D eigenvalue weighted by Crippen LogP contribution is -2.43. The first-order valence-corrected chi connectivity index (χ1v) is 7.77. The van der Waals surface area contributed by atoms with Gasteiger partial charge in [0.25, 0.3) is 0 Å². The number of amides is 1. The molecule has 1 aliphatic rings. The van der Waals surface area contributed by atoms with Gasteiger partial charge >= 0.3 is 0 Å². The third-order valence-corrected chi connectivity index (χ3v) is 4.41. The molecule has 21 heavy (non-hydrogen) atoms. The van der Waals surface area contributed by atoms with Crippen molar-refractivity contribution in [3.05, 3.63) is 35.9 Å². The maximum Gasteiger partial charge on any atom is 0.221 e. The molecule has 0 aromatic heterocycles. The van der Waals surface area contributed by atoms with Gasteiger partial charge in [0.1, 0.15) is 0 Å². The lowest BCUT2D eigenvalue weighted by Gasteiger charge is -2.27. The topological polar surface area (TPSA) is 58.4 Å². The normalized spacial score (nSPS) is 18.7. The summed E-state index contributed by atoms with van der Waals surface area (Å²) in [6.45, 7) is 0.617. The van der Waals surface area contributed by atoms with E-state index in [1.165, 1.54) is 5.56 Å².